The van der Waals surface area contributed by atoms with E-state index in [9.17, 15) is 4.79 Å². The van der Waals surface area contributed by atoms with Crippen molar-refractivity contribution in [1.29, 1.82) is 0 Å². The zero-order chi connectivity index (χ0) is 17.8. The minimum atomic E-state index is 0. The molecule has 2 aromatic rings. The van der Waals surface area contributed by atoms with Crippen molar-refractivity contribution in [3.63, 3.8) is 0 Å². The van der Waals surface area contributed by atoms with Gasteiger partial charge in [0.15, 0.2) is 18.9 Å². The van der Waals surface area contributed by atoms with E-state index in [2.05, 4.69) is 60.6 Å². The largest absolute Gasteiger partial charge is 1.00 e. The molecule has 0 unspecified atom stereocenters. The lowest BCUT2D eigenvalue weighted by Crippen LogP contribution is -3.00. The number of carbonyl (C=O) groups excluding carboxylic acids is 1. The van der Waals surface area contributed by atoms with Crippen LogP contribution in [0.3, 0.4) is 0 Å². The highest BCUT2D eigenvalue weighted by Gasteiger charge is 2.22. The van der Waals surface area contributed by atoms with Gasteiger partial charge in [-0.1, -0.05) is 12.1 Å². The van der Waals surface area contributed by atoms with E-state index in [0.717, 1.165) is 32.7 Å². The maximum atomic E-state index is 12.5. The standard InChI is InChI=1S/C21H28N3O.BrH/c1-17-7-10-22(11-8-17)12-9-21(25)24-15-13-23(14-16-24)20-6-4-5-18(2)19(20)3;/h4-8,10-11H,9,12-16H2,1-3H3;1H/q+1;/p-1. The first-order valence-corrected chi connectivity index (χ1v) is 9.09. The van der Waals surface area contributed by atoms with E-state index in [-0.39, 0.29) is 22.9 Å². The van der Waals surface area contributed by atoms with Crippen LogP contribution >= 0.6 is 0 Å². The second kappa shape index (κ2) is 9.17. The first-order valence-electron chi connectivity index (χ1n) is 9.09. The van der Waals surface area contributed by atoms with Gasteiger partial charge < -0.3 is 26.8 Å². The molecule has 1 aromatic heterocycles. The predicted molar refractivity (Wildman–Crippen MR) is 101 cm³/mol. The monoisotopic (exact) mass is 417 g/mol. The lowest BCUT2D eigenvalue weighted by molar-refractivity contribution is -0.696. The van der Waals surface area contributed by atoms with Crippen molar-refractivity contribution in [1.82, 2.24) is 4.90 Å². The van der Waals surface area contributed by atoms with Crippen LogP contribution in [0.5, 0.6) is 0 Å². The molecular weight excluding hydrogens is 390 g/mol. The Labute approximate surface area is 167 Å². The third-order valence-corrected chi connectivity index (χ3v) is 5.19. The lowest BCUT2D eigenvalue weighted by atomic mass is 10.1. The van der Waals surface area contributed by atoms with E-state index in [4.69, 9.17) is 0 Å². The normalized spacial score (nSPS) is 14.1. The summed E-state index contributed by atoms with van der Waals surface area (Å²) >= 11 is 0. The minimum Gasteiger partial charge on any atom is -1.00 e. The molecule has 0 atom stereocenters. The number of amides is 1. The number of piperazine rings is 1. The number of pyridine rings is 1. The summed E-state index contributed by atoms with van der Waals surface area (Å²) in [6.45, 7) is 10.6. The minimum absolute atomic E-state index is 0. The Balaban J connectivity index is 0.00000243. The second-order valence-electron chi connectivity index (χ2n) is 6.95. The summed E-state index contributed by atoms with van der Waals surface area (Å²) in [5.41, 5.74) is 5.22. The van der Waals surface area contributed by atoms with Crippen LogP contribution in [0.15, 0.2) is 42.7 Å². The zero-order valence-electron chi connectivity index (χ0n) is 15.9. The van der Waals surface area contributed by atoms with Crippen LogP contribution in [0.4, 0.5) is 5.69 Å². The van der Waals surface area contributed by atoms with Gasteiger partial charge in [-0.25, -0.2) is 4.57 Å². The number of anilines is 1. The summed E-state index contributed by atoms with van der Waals surface area (Å²) in [6.07, 6.45) is 4.65. The molecule has 1 aromatic carbocycles. The fourth-order valence-corrected chi connectivity index (χ4v) is 3.34. The van der Waals surface area contributed by atoms with E-state index in [1.165, 1.54) is 22.4 Å². The summed E-state index contributed by atoms with van der Waals surface area (Å²) in [5, 5.41) is 0. The molecule has 1 fully saturated rings. The van der Waals surface area contributed by atoms with Crippen molar-refractivity contribution < 1.29 is 26.3 Å². The molecule has 0 N–H and O–H groups in total. The Morgan fingerprint density at radius 2 is 1.65 bits per heavy atom. The van der Waals surface area contributed by atoms with Crippen molar-refractivity contribution in [3.05, 3.63) is 59.4 Å². The second-order valence-corrected chi connectivity index (χ2v) is 6.95. The summed E-state index contributed by atoms with van der Waals surface area (Å²) in [5.74, 6) is 0.258. The molecule has 1 saturated heterocycles. The number of carbonyl (C=O) groups is 1. The number of hydrogen-bond acceptors (Lipinski definition) is 2. The first-order chi connectivity index (χ1) is 12.0. The van der Waals surface area contributed by atoms with Crippen molar-refractivity contribution in [2.45, 2.75) is 33.7 Å². The highest BCUT2D eigenvalue weighted by atomic mass is 79.9. The van der Waals surface area contributed by atoms with E-state index in [0.29, 0.717) is 6.42 Å². The van der Waals surface area contributed by atoms with Crippen molar-refractivity contribution >= 4 is 11.6 Å². The number of aromatic nitrogens is 1. The first kappa shape index (κ1) is 20.4. The molecule has 26 heavy (non-hydrogen) atoms. The van der Waals surface area contributed by atoms with Crippen molar-refractivity contribution in [2.24, 2.45) is 0 Å². The summed E-state index contributed by atoms with van der Waals surface area (Å²) in [7, 11) is 0. The van der Waals surface area contributed by atoms with Crippen LogP contribution in [0.2, 0.25) is 0 Å². The Morgan fingerprint density at radius 3 is 2.31 bits per heavy atom. The van der Waals surface area contributed by atoms with Crippen LogP contribution in [-0.2, 0) is 11.3 Å². The Morgan fingerprint density at radius 1 is 1.00 bits per heavy atom. The summed E-state index contributed by atoms with van der Waals surface area (Å²) < 4.78 is 2.08. The molecule has 3 rings (SSSR count). The van der Waals surface area contributed by atoms with E-state index in [1.807, 2.05) is 17.3 Å². The zero-order valence-corrected chi connectivity index (χ0v) is 17.5. The Hall–Kier alpha value is -1.88. The smallest absolute Gasteiger partial charge is 0.229 e. The molecule has 2 heterocycles. The van der Waals surface area contributed by atoms with Crippen molar-refractivity contribution in [3.8, 4) is 0 Å². The molecule has 1 aliphatic rings. The van der Waals surface area contributed by atoms with Crippen LogP contribution < -0.4 is 26.4 Å². The molecule has 1 amide bonds. The topological polar surface area (TPSA) is 27.4 Å². The maximum absolute atomic E-state index is 12.5. The molecule has 0 spiro atoms. The fraction of sp³-hybridized carbons (Fsp3) is 0.429. The van der Waals surface area contributed by atoms with Crippen LogP contribution in [0.25, 0.3) is 0 Å². The van der Waals surface area contributed by atoms with E-state index >= 15 is 0 Å². The van der Waals surface area contributed by atoms with Gasteiger partial charge in [0.05, 0.1) is 6.42 Å². The SMILES string of the molecule is Cc1cc[n+](CCC(=O)N2CCN(c3cccc(C)c3C)CC2)cc1.[Br-]. The summed E-state index contributed by atoms with van der Waals surface area (Å²) in [4.78, 5) is 16.9. The number of rotatable bonds is 4. The van der Waals surface area contributed by atoms with Gasteiger partial charge in [0.25, 0.3) is 0 Å². The van der Waals surface area contributed by atoms with Gasteiger partial charge >= 0.3 is 0 Å². The molecule has 0 radical (unpaired) electrons. The van der Waals surface area contributed by atoms with Crippen LogP contribution in [-0.4, -0.2) is 37.0 Å². The Bertz CT molecular complexity index is 737. The van der Waals surface area contributed by atoms with Gasteiger partial charge in [0, 0.05) is 44.0 Å². The van der Waals surface area contributed by atoms with Crippen LogP contribution in [0, 0.1) is 20.8 Å². The molecule has 0 bridgehead atoms. The molecule has 4 nitrogen and oxygen atoms in total. The van der Waals surface area contributed by atoms with Gasteiger partial charge in [-0.05, 0) is 43.5 Å². The number of aryl methyl sites for hydroxylation is 3. The number of halogens is 1. The quantitative estimate of drug-likeness (QED) is 0.635. The average Bonchev–Trinajstić information content (AvgIpc) is 2.63. The highest BCUT2D eigenvalue weighted by Crippen LogP contribution is 2.23. The fourth-order valence-electron chi connectivity index (χ4n) is 3.34. The molecule has 1 aliphatic heterocycles. The third kappa shape index (κ3) is 4.85. The summed E-state index contributed by atoms with van der Waals surface area (Å²) in [6, 6.07) is 10.6. The number of nitrogens with zero attached hydrogens (tertiary/aromatic N) is 3. The molecule has 0 aliphatic carbocycles. The third-order valence-electron chi connectivity index (χ3n) is 5.19. The van der Waals surface area contributed by atoms with Gasteiger partial charge in [-0.15, -0.1) is 0 Å². The Kier molecular flexibility index (Phi) is 7.21. The molecule has 5 heteroatoms. The van der Waals surface area contributed by atoms with E-state index in [1.54, 1.807) is 0 Å². The van der Waals surface area contributed by atoms with Crippen molar-refractivity contribution in [2.75, 3.05) is 31.1 Å². The van der Waals surface area contributed by atoms with Gasteiger partial charge in [-0.3, -0.25) is 4.79 Å². The lowest BCUT2D eigenvalue weighted by Gasteiger charge is -2.37. The van der Waals surface area contributed by atoms with E-state index < -0.39 is 0 Å². The number of hydrogen-bond donors (Lipinski definition) is 0. The highest BCUT2D eigenvalue weighted by molar-refractivity contribution is 5.76. The number of benzene rings is 1. The molecular formula is C21H28BrN3O. The van der Waals surface area contributed by atoms with Crippen LogP contribution in [0.1, 0.15) is 23.1 Å². The van der Waals surface area contributed by atoms with Gasteiger partial charge in [0.2, 0.25) is 5.91 Å². The molecule has 140 valence electrons. The van der Waals surface area contributed by atoms with Gasteiger partial charge in [0.1, 0.15) is 0 Å². The average molecular weight is 418 g/mol. The maximum Gasteiger partial charge on any atom is 0.229 e. The predicted octanol–water partition coefficient (Wildman–Crippen LogP) is -0.358. The molecule has 0 saturated carbocycles. The van der Waals surface area contributed by atoms with Gasteiger partial charge in [-0.2, -0.15) is 0 Å².